The molecular formula is C17H21F3N2O3. The second-order valence-electron chi connectivity index (χ2n) is 6.34. The van der Waals surface area contributed by atoms with Crippen molar-refractivity contribution in [2.45, 2.75) is 31.7 Å². The fourth-order valence-electron chi connectivity index (χ4n) is 3.16. The van der Waals surface area contributed by atoms with E-state index >= 15 is 0 Å². The van der Waals surface area contributed by atoms with E-state index in [0.717, 1.165) is 4.90 Å². The lowest BCUT2D eigenvalue weighted by molar-refractivity contribution is -0.211. The molecule has 1 aromatic carbocycles. The maximum atomic E-state index is 12.5. The van der Waals surface area contributed by atoms with E-state index in [1.807, 2.05) is 0 Å². The zero-order valence-electron chi connectivity index (χ0n) is 14.0. The SMILES string of the molecule is C[C@@H]1CN(C(=O)[C@@H](O)C(F)(F)F)CC[C@@H]1N(C)C(=O)c1ccccc1. The number of benzene rings is 1. The third-order valence-corrected chi connectivity index (χ3v) is 4.55. The van der Waals surface area contributed by atoms with E-state index in [1.165, 1.54) is 0 Å². The highest BCUT2D eigenvalue weighted by Crippen LogP contribution is 2.26. The van der Waals surface area contributed by atoms with Gasteiger partial charge in [0.15, 0.2) is 0 Å². The molecule has 5 nitrogen and oxygen atoms in total. The Morgan fingerprint density at radius 3 is 2.40 bits per heavy atom. The van der Waals surface area contributed by atoms with Crippen LogP contribution in [0.15, 0.2) is 30.3 Å². The minimum atomic E-state index is -4.97. The van der Waals surface area contributed by atoms with E-state index < -0.39 is 18.2 Å². The number of alkyl halides is 3. The summed E-state index contributed by atoms with van der Waals surface area (Å²) in [4.78, 5) is 26.9. The fraction of sp³-hybridized carbons (Fsp3) is 0.529. The summed E-state index contributed by atoms with van der Waals surface area (Å²) in [5.41, 5.74) is 0.531. The Labute approximate surface area is 144 Å². The van der Waals surface area contributed by atoms with Gasteiger partial charge in [-0.3, -0.25) is 9.59 Å². The van der Waals surface area contributed by atoms with Crippen molar-refractivity contribution in [3.8, 4) is 0 Å². The Bertz CT molecular complexity index is 621. The summed E-state index contributed by atoms with van der Waals surface area (Å²) in [6, 6.07) is 8.51. The Kier molecular flexibility index (Phi) is 5.72. The van der Waals surface area contributed by atoms with Crippen molar-refractivity contribution in [2.75, 3.05) is 20.1 Å². The Morgan fingerprint density at radius 1 is 1.28 bits per heavy atom. The van der Waals surface area contributed by atoms with E-state index in [1.54, 1.807) is 49.2 Å². The molecule has 1 saturated heterocycles. The van der Waals surface area contributed by atoms with Crippen molar-refractivity contribution in [3.63, 3.8) is 0 Å². The van der Waals surface area contributed by atoms with Crippen molar-refractivity contribution in [1.29, 1.82) is 0 Å². The molecule has 1 heterocycles. The number of aliphatic hydroxyl groups excluding tert-OH is 1. The molecule has 0 unspecified atom stereocenters. The van der Waals surface area contributed by atoms with Crippen LogP contribution < -0.4 is 0 Å². The third kappa shape index (κ3) is 4.31. The molecular weight excluding hydrogens is 337 g/mol. The Balaban J connectivity index is 2.02. The van der Waals surface area contributed by atoms with Gasteiger partial charge in [0.05, 0.1) is 0 Å². The highest BCUT2D eigenvalue weighted by Gasteiger charge is 2.46. The molecule has 2 rings (SSSR count). The van der Waals surface area contributed by atoms with E-state index in [4.69, 9.17) is 5.11 Å². The first kappa shape index (κ1) is 19.2. The quantitative estimate of drug-likeness (QED) is 0.898. The van der Waals surface area contributed by atoms with Crippen LogP contribution in [0, 0.1) is 5.92 Å². The number of aliphatic hydroxyl groups is 1. The van der Waals surface area contributed by atoms with Gasteiger partial charge in [-0.1, -0.05) is 25.1 Å². The zero-order valence-corrected chi connectivity index (χ0v) is 14.0. The van der Waals surface area contributed by atoms with E-state index in [0.29, 0.717) is 12.0 Å². The molecule has 1 aliphatic heterocycles. The molecule has 0 spiro atoms. The third-order valence-electron chi connectivity index (χ3n) is 4.55. The molecule has 1 aliphatic rings. The number of nitrogens with zero attached hydrogens (tertiary/aromatic N) is 2. The average Bonchev–Trinajstić information content (AvgIpc) is 2.59. The largest absolute Gasteiger partial charge is 0.423 e. The van der Waals surface area contributed by atoms with Gasteiger partial charge in [0.1, 0.15) is 0 Å². The van der Waals surface area contributed by atoms with Gasteiger partial charge < -0.3 is 14.9 Å². The summed E-state index contributed by atoms with van der Waals surface area (Å²) in [6.45, 7) is 1.90. The number of halogens is 3. The maximum absolute atomic E-state index is 12.5. The molecule has 0 aliphatic carbocycles. The number of hydrogen-bond acceptors (Lipinski definition) is 3. The minimum Gasteiger partial charge on any atom is -0.376 e. The molecule has 2 amide bonds. The number of rotatable bonds is 3. The van der Waals surface area contributed by atoms with Gasteiger partial charge in [0.2, 0.25) is 6.10 Å². The van der Waals surface area contributed by atoms with Crippen LogP contribution in [0.2, 0.25) is 0 Å². The topological polar surface area (TPSA) is 60.9 Å². The average molecular weight is 358 g/mol. The molecule has 1 aromatic rings. The van der Waals surface area contributed by atoms with Crippen molar-refractivity contribution < 1.29 is 27.9 Å². The molecule has 8 heteroatoms. The van der Waals surface area contributed by atoms with Crippen molar-refractivity contribution in [2.24, 2.45) is 5.92 Å². The smallest absolute Gasteiger partial charge is 0.376 e. The van der Waals surface area contributed by atoms with E-state index in [9.17, 15) is 22.8 Å². The molecule has 138 valence electrons. The van der Waals surface area contributed by atoms with Crippen LogP contribution in [0.3, 0.4) is 0 Å². The highest BCUT2D eigenvalue weighted by atomic mass is 19.4. The first-order chi connectivity index (χ1) is 11.6. The van der Waals surface area contributed by atoms with Crippen LogP contribution in [0.1, 0.15) is 23.7 Å². The van der Waals surface area contributed by atoms with E-state index in [2.05, 4.69) is 0 Å². The molecule has 1 fully saturated rings. The predicted molar refractivity (Wildman–Crippen MR) is 84.7 cm³/mol. The lowest BCUT2D eigenvalue weighted by Gasteiger charge is -2.41. The first-order valence-electron chi connectivity index (χ1n) is 7.98. The van der Waals surface area contributed by atoms with Gasteiger partial charge in [-0.25, -0.2) is 0 Å². The van der Waals surface area contributed by atoms with Gasteiger partial charge in [0, 0.05) is 31.7 Å². The number of carbonyl (C=O) groups is 2. The van der Waals surface area contributed by atoms with Gasteiger partial charge in [0.25, 0.3) is 11.8 Å². The number of hydrogen-bond donors (Lipinski definition) is 1. The predicted octanol–water partition coefficient (Wildman–Crippen LogP) is 1.92. The Hall–Kier alpha value is -2.09. The van der Waals surface area contributed by atoms with Crippen LogP contribution in [0.5, 0.6) is 0 Å². The summed E-state index contributed by atoms with van der Waals surface area (Å²) in [5, 5.41) is 9.12. The van der Waals surface area contributed by atoms with Crippen LogP contribution in [-0.2, 0) is 4.79 Å². The van der Waals surface area contributed by atoms with Crippen LogP contribution in [0.25, 0.3) is 0 Å². The molecule has 25 heavy (non-hydrogen) atoms. The summed E-state index contributed by atoms with van der Waals surface area (Å²) < 4.78 is 37.5. The normalized spacial score (nSPS) is 22.4. The van der Waals surface area contributed by atoms with Crippen molar-refractivity contribution in [1.82, 2.24) is 9.80 Å². The fourth-order valence-corrected chi connectivity index (χ4v) is 3.16. The summed E-state index contributed by atoms with van der Waals surface area (Å²) in [5.74, 6) is -1.72. The van der Waals surface area contributed by atoms with Gasteiger partial charge in [-0.05, 0) is 24.5 Å². The summed E-state index contributed by atoms with van der Waals surface area (Å²) >= 11 is 0. The maximum Gasteiger partial charge on any atom is 0.423 e. The van der Waals surface area contributed by atoms with E-state index in [-0.39, 0.29) is 31.0 Å². The monoisotopic (exact) mass is 358 g/mol. The lowest BCUT2D eigenvalue weighted by atomic mass is 9.91. The second kappa shape index (κ2) is 7.43. The van der Waals surface area contributed by atoms with Crippen molar-refractivity contribution in [3.05, 3.63) is 35.9 Å². The van der Waals surface area contributed by atoms with Gasteiger partial charge >= 0.3 is 6.18 Å². The molecule has 0 radical (unpaired) electrons. The van der Waals surface area contributed by atoms with Crippen LogP contribution >= 0.6 is 0 Å². The van der Waals surface area contributed by atoms with Crippen LogP contribution in [-0.4, -0.2) is 65.2 Å². The first-order valence-corrected chi connectivity index (χ1v) is 7.98. The number of likely N-dealkylation sites (tertiary alicyclic amines) is 1. The second-order valence-corrected chi connectivity index (χ2v) is 6.34. The Morgan fingerprint density at radius 2 is 1.88 bits per heavy atom. The minimum absolute atomic E-state index is 0.0586. The van der Waals surface area contributed by atoms with Gasteiger partial charge in [-0.2, -0.15) is 13.2 Å². The standard InChI is InChI=1S/C17H21F3N2O3/c1-11-10-22(16(25)14(23)17(18,19)20)9-8-13(11)21(2)15(24)12-6-4-3-5-7-12/h3-7,11,13-14,23H,8-10H2,1-2H3/t11-,13+,14-/m1/s1. The molecule has 1 N–H and O–H groups in total. The van der Waals surface area contributed by atoms with Crippen molar-refractivity contribution >= 4 is 11.8 Å². The summed E-state index contributed by atoms with van der Waals surface area (Å²) in [6.07, 6.45) is -7.62. The van der Waals surface area contributed by atoms with Gasteiger partial charge in [-0.15, -0.1) is 0 Å². The van der Waals surface area contributed by atoms with Crippen LogP contribution in [0.4, 0.5) is 13.2 Å². The number of amides is 2. The number of carbonyl (C=O) groups excluding carboxylic acids is 2. The molecule has 0 aromatic heterocycles. The molecule has 0 saturated carbocycles. The summed E-state index contributed by atoms with van der Waals surface area (Å²) in [7, 11) is 1.65. The number of piperidine rings is 1. The lowest BCUT2D eigenvalue weighted by Crippen LogP contribution is -2.55. The highest BCUT2D eigenvalue weighted by molar-refractivity contribution is 5.94. The molecule has 0 bridgehead atoms. The molecule has 3 atom stereocenters. The zero-order chi connectivity index (χ0) is 18.8.